The van der Waals surface area contributed by atoms with Crippen LogP contribution >= 0.6 is 0 Å². The van der Waals surface area contributed by atoms with Gasteiger partial charge in [-0.15, -0.1) is 0 Å². The van der Waals surface area contributed by atoms with Crippen LogP contribution in [0.2, 0.25) is 0 Å². The van der Waals surface area contributed by atoms with Crippen LogP contribution in [-0.4, -0.2) is 44.2 Å². The summed E-state index contributed by atoms with van der Waals surface area (Å²) in [7, 11) is 0. The third-order valence-corrected chi connectivity index (χ3v) is 3.62. The monoisotopic (exact) mass is 251 g/mol. The number of hydrogen-bond acceptors (Lipinski definition) is 3. The maximum Gasteiger partial charge on any atom is 0.146 e. The molecular formula is C14H22FN3. The van der Waals surface area contributed by atoms with Crippen molar-refractivity contribution >= 4 is 5.69 Å². The largest absolute Gasteiger partial charge is 0.366 e. The minimum atomic E-state index is -0.120. The third kappa shape index (κ3) is 2.82. The molecule has 0 aromatic heterocycles. The fourth-order valence-corrected chi connectivity index (χ4v) is 2.56. The molecule has 2 rings (SSSR count). The summed E-state index contributed by atoms with van der Waals surface area (Å²) < 4.78 is 14.0. The maximum atomic E-state index is 14.0. The molecule has 0 radical (unpaired) electrons. The van der Waals surface area contributed by atoms with E-state index in [1.165, 1.54) is 0 Å². The van der Waals surface area contributed by atoms with E-state index in [9.17, 15) is 4.39 Å². The highest BCUT2D eigenvalue weighted by Gasteiger charge is 2.20. The molecule has 1 aliphatic rings. The lowest BCUT2D eigenvalue weighted by Crippen LogP contribution is -2.46. The van der Waals surface area contributed by atoms with Crippen molar-refractivity contribution in [2.24, 2.45) is 5.73 Å². The summed E-state index contributed by atoms with van der Waals surface area (Å²) in [6.07, 6.45) is 0.737. The van der Waals surface area contributed by atoms with E-state index in [0.29, 0.717) is 6.54 Å². The minimum absolute atomic E-state index is 0.120. The fourth-order valence-electron chi connectivity index (χ4n) is 2.56. The van der Waals surface area contributed by atoms with Gasteiger partial charge in [0.15, 0.2) is 0 Å². The van der Waals surface area contributed by atoms with Gasteiger partial charge in [0.2, 0.25) is 0 Å². The van der Waals surface area contributed by atoms with Crippen molar-refractivity contribution in [1.29, 1.82) is 0 Å². The van der Waals surface area contributed by atoms with Gasteiger partial charge in [-0.2, -0.15) is 0 Å². The number of piperazine rings is 1. The number of rotatable bonds is 4. The molecule has 1 fully saturated rings. The van der Waals surface area contributed by atoms with E-state index in [-0.39, 0.29) is 5.82 Å². The third-order valence-electron chi connectivity index (χ3n) is 3.62. The zero-order valence-corrected chi connectivity index (χ0v) is 11.0. The van der Waals surface area contributed by atoms with Crippen LogP contribution in [0.4, 0.5) is 10.1 Å². The Morgan fingerprint density at radius 1 is 1.22 bits per heavy atom. The van der Waals surface area contributed by atoms with Crippen LogP contribution < -0.4 is 10.6 Å². The van der Waals surface area contributed by atoms with Crippen LogP contribution in [0.15, 0.2) is 18.2 Å². The smallest absolute Gasteiger partial charge is 0.146 e. The SMILES string of the molecule is CCN1CCN(c2c(F)cccc2CCN)CC1. The first kappa shape index (κ1) is 13.3. The van der Waals surface area contributed by atoms with E-state index in [0.717, 1.165) is 50.4 Å². The molecular weight excluding hydrogens is 229 g/mol. The van der Waals surface area contributed by atoms with Crippen molar-refractivity contribution in [2.45, 2.75) is 13.3 Å². The van der Waals surface area contributed by atoms with Crippen LogP contribution in [0.3, 0.4) is 0 Å². The van der Waals surface area contributed by atoms with Crippen molar-refractivity contribution < 1.29 is 4.39 Å². The number of nitrogens with two attached hydrogens (primary N) is 1. The first-order valence-corrected chi connectivity index (χ1v) is 6.71. The zero-order chi connectivity index (χ0) is 13.0. The molecule has 1 heterocycles. The van der Waals surface area contributed by atoms with Crippen LogP contribution in [0.1, 0.15) is 12.5 Å². The number of nitrogens with zero attached hydrogens (tertiary/aromatic N) is 2. The second-order valence-electron chi connectivity index (χ2n) is 4.71. The molecule has 0 bridgehead atoms. The van der Waals surface area contributed by atoms with E-state index in [1.807, 2.05) is 6.07 Å². The van der Waals surface area contributed by atoms with Crippen molar-refractivity contribution in [3.05, 3.63) is 29.6 Å². The Kier molecular flexibility index (Phi) is 4.55. The topological polar surface area (TPSA) is 32.5 Å². The number of hydrogen-bond donors (Lipinski definition) is 1. The Hall–Kier alpha value is -1.13. The van der Waals surface area contributed by atoms with Crippen molar-refractivity contribution in [3.8, 4) is 0 Å². The Labute approximate surface area is 108 Å². The molecule has 4 heteroatoms. The number of para-hydroxylation sites is 1. The molecule has 0 amide bonds. The van der Waals surface area contributed by atoms with Crippen molar-refractivity contribution in [1.82, 2.24) is 4.90 Å². The molecule has 0 atom stereocenters. The van der Waals surface area contributed by atoms with Gasteiger partial charge >= 0.3 is 0 Å². The molecule has 1 saturated heterocycles. The van der Waals surface area contributed by atoms with Gasteiger partial charge in [0.1, 0.15) is 5.82 Å². The van der Waals surface area contributed by atoms with Crippen LogP contribution in [-0.2, 0) is 6.42 Å². The van der Waals surface area contributed by atoms with Gasteiger partial charge in [0, 0.05) is 26.2 Å². The summed E-state index contributed by atoms with van der Waals surface area (Å²) in [6.45, 7) is 7.60. The highest BCUT2D eigenvalue weighted by Crippen LogP contribution is 2.25. The normalized spacial score (nSPS) is 17.2. The second kappa shape index (κ2) is 6.16. The summed E-state index contributed by atoms with van der Waals surface area (Å²) in [6, 6.07) is 5.30. The highest BCUT2D eigenvalue weighted by atomic mass is 19.1. The number of likely N-dealkylation sites (N-methyl/N-ethyl adjacent to an activating group) is 1. The first-order valence-electron chi connectivity index (χ1n) is 6.71. The molecule has 1 aromatic rings. The summed E-state index contributed by atoms with van der Waals surface area (Å²) in [5.41, 5.74) is 7.40. The zero-order valence-electron chi connectivity index (χ0n) is 11.0. The molecule has 1 aliphatic heterocycles. The van der Waals surface area contributed by atoms with Gasteiger partial charge in [-0.1, -0.05) is 19.1 Å². The lowest BCUT2D eigenvalue weighted by Gasteiger charge is -2.36. The second-order valence-corrected chi connectivity index (χ2v) is 4.71. The van der Waals surface area contributed by atoms with Crippen LogP contribution in [0.5, 0.6) is 0 Å². The lowest BCUT2D eigenvalue weighted by molar-refractivity contribution is 0.270. The maximum absolute atomic E-state index is 14.0. The molecule has 0 saturated carbocycles. The van der Waals surface area contributed by atoms with Gasteiger partial charge in [0.05, 0.1) is 5.69 Å². The standard InChI is InChI=1S/C14H22FN3/c1-2-17-8-10-18(11-9-17)14-12(6-7-16)4-3-5-13(14)15/h3-5H,2,6-11,16H2,1H3. The Bertz CT molecular complexity index is 387. The summed E-state index contributed by atoms with van der Waals surface area (Å²) >= 11 is 0. The predicted octanol–water partition coefficient (Wildman–Crippen LogP) is 1.47. The molecule has 0 spiro atoms. The average Bonchev–Trinajstić information content (AvgIpc) is 2.40. The molecule has 1 aromatic carbocycles. The Morgan fingerprint density at radius 3 is 2.56 bits per heavy atom. The number of halogens is 1. The van der Waals surface area contributed by atoms with E-state index in [1.54, 1.807) is 12.1 Å². The summed E-state index contributed by atoms with van der Waals surface area (Å²) in [5.74, 6) is -0.120. The van der Waals surface area contributed by atoms with Crippen LogP contribution in [0.25, 0.3) is 0 Å². The van der Waals surface area contributed by atoms with E-state index in [2.05, 4.69) is 16.7 Å². The molecule has 18 heavy (non-hydrogen) atoms. The van der Waals surface area contributed by atoms with Gasteiger partial charge in [0.25, 0.3) is 0 Å². The predicted molar refractivity (Wildman–Crippen MR) is 73.5 cm³/mol. The van der Waals surface area contributed by atoms with Crippen LogP contribution in [0, 0.1) is 5.82 Å². The molecule has 100 valence electrons. The minimum Gasteiger partial charge on any atom is -0.366 e. The van der Waals surface area contributed by atoms with E-state index in [4.69, 9.17) is 5.73 Å². The quantitative estimate of drug-likeness (QED) is 0.879. The lowest BCUT2D eigenvalue weighted by atomic mass is 10.1. The number of anilines is 1. The van der Waals surface area contributed by atoms with Gasteiger partial charge < -0.3 is 15.5 Å². The highest BCUT2D eigenvalue weighted by molar-refractivity contribution is 5.55. The average molecular weight is 251 g/mol. The summed E-state index contributed by atoms with van der Waals surface area (Å²) in [4.78, 5) is 4.55. The number of benzene rings is 1. The van der Waals surface area contributed by atoms with Gasteiger partial charge in [-0.25, -0.2) is 4.39 Å². The van der Waals surface area contributed by atoms with Crippen molar-refractivity contribution in [2.75, 3.05) is 44.2 Å². The Balaban J connectivity index is 2.17. The van der Waals surface area contributed by atoms with Gasteiger partial charge in [-0.05, 0) is 31.1 Å². The van der Waals surface area contributed by atoms with E-state index < -0.39 is 0 Å². The van der Waals surface area contributed by atoms with Crippen molar-refractivity contribution in [3.63, 3.8) is 0 Å². The first-order chi connectivity index (χ1) is 8.76. The van der Waals surface area contributed by atoms with Gasteiger partial charge in [-0.3, -0.25) is 0 Å². The molecule has 0 aliphatic carbocycles. The molecule has 2 N–H and O–H groups in total. The Morgan fingerprint density at radius 2 is 1.94 bits per heavy atom. The molecule has 0 unspecified atom stereocenters. The fraction of sp³-hybridized carbons (Fsp3) is 0.571. The van der Waals surface area contributed by atoms with E-state index >= 15 is 0 Å². The molecule has 3 nitrogen and oxygen atoms in total. The summed E-state index contributed by atoms with van der Waals surface area (Å²) in [5, 5.41) is 0.